The van der Waals surface area contributed by atoms with Gasteiger partial charge in [-0.1, -0.05) is 38.2 Å². The van der Waals surface area contributed by atoms with Crippen LogP contribution >= 0.6 is 12.2 Å². The second-order valence-corrected chi connectivity index (χ2v) is 8.03. The van der Waals surface area contributed by atoms with Crippen LogP contribution in [0.3, 0.4) is 0 Å². The van der Waals surface area contributed by atoms with Crippen molar-refractivity contribution in [3.63, 3.8) is 0 Å². The Morgan fingerprint density at radius 2 is 1.70 bits per heavy atom. The maximum Gasteiger partial charge on any atom is 0.243 e. The van der Waals surface area contributed by atoms with E-state index in [1.165, 1.54) is 0 Å². The number of nitrogens with zero attached hydrogens (tertiary/aromatic N) is 1. The van der Waals surface area contributed by atoms with Crippen LogP contribution in [-0.2, 0) is 10.0 Å². The fourth-order valence-corrected chi connectivity index (χ4v) is 4.56. The normalized spacial score (nSPS) is 24.5. The molecule has 2 atom stereocenters. The maximum atomic E-state index is 12.6. The Morgan fingerprint density at radius 1 is 1.20 bits per heavy atom. The zero-order valence-corrected chi connectivity index (χ0v) is 13.4. The summed E-state index contributed by atoms with van der Waals surface area (Å²) in [5.41, 5.74) is 6.20. The summed E-state index contributed by atoms with van der Waals surface area (Å²) in [5, 5.41) is 0. The Kier molecular flexibility index (Phi) is 4.46. The van der Waals surface area contributed by atoms with Crippen LogP contribution in [0.2, 0.25) is 0 Å². The van der Waals surface area contributed by atoms with Crippen LogP contribution in [0.15, 0.2) is 29.2 Å². The van der Waals surface area contributed by atoms with E-state index in [1.807, 2.05) is 0 Å². The second kappa shape index (κ2) is 5.79. The van der Waals surface area contributed by atoms with Crippen molar-refractivity contribution in [2.45, 2.75) is 25.2 Å². The summed E-state index contributed by atoms with van der Waals surface area (Å²) in [5.74, 6) is 0.786. The Bertz CT molecular complexity index is 586. The van der Waals surface area contributed by atoms with Crippen LogP contribution in [0, 0.1) is 11.8 Å². The molecular formula is C14H20N2O2S2. The Balaban J connectivity index is 2.27. The van der Waals surface area contributed by atoms with Crippen LogP contribution in [-0.4, -0.2) is 30.8 Å². The summed E-state index contributed by atoms with van der Waals surface area (Å²) in [6, 6.07) is 6.47. The Hall–Kier alpha value is -0.980. The lowest BCUT2D eigenvalue weighted by atomic mass is 9.94. The molecule has 0 saturated carbocycles. The summed E-state index contributed by atoms with van der Waals surface area (Å²) in [7, 11) is -3.42. The van der Waals surface area contributed by atoms with Gasteiger partial charge in [-0.2, -0.15) is 4.31 Å². The van der Waals surface area contributed by atoms with Gasteiger partial charge < -0.3 is 5.73 Å². The predicted octanol–water partition coefficient (Wildman–Crippen LogP) is 1.99. The molecule has 0 radical (unpaired) electrons. The van der Waals surface area contributed by atoms with Crippen molar-refractivity contribution in [2.24, 2.45) is 17.6 Å². The number of hydrogen-bond acceptors (Lipinski definition) is 3. The molecule has 1 heterocycles. The number of benzene rings is 1. The first-order chi connectivity index (χ1) is 9.30. The van der Waals surface area contributed by atoms with Crippen LogP contribution < -0.4 is 5.73 Å². The van der Waals surface area contributed by atoms with Gasteiger partial charge in [0, 0.05) is 18.7 Å². The van der Waals surface area contributed by atoms with Crippen molar-refractivity contribution in [1.29, 1.82) is 0 Å². The largest absolute Gasteiger partial charge is 0.389 e. The topological polar surface area (TPSA) is 63.4 Å². The van der Waals surface area contributed by atoms with Crippen LogP contribution in [0.25, 0.3) is 0 Å². The van der Waals surface area contributed by atoms with Crippen molar-refractivity contribution >= 4 is 27.2 Å². The number of hydrogen-bond donors (Lipinski definition) is 1. The van der Waals surface area contributed by atoms with E-state index < -0.39 is 10.0 Å². The zero-order chi connectivity index (χ0) is 14.9. The molecular weight excluding hydrogens is 292 g/mol. The highest BCUT2D eigenvalue weighted by Crippen LogP contribution is 2.26. The van der Waals surface area contributed by atoms with E-state index in [2.05, 4.69) is 13.8 Å². The van der Waals surface area contributed by atoms with Crippen molar-refractivity contribution < 1.29 is 8.42 Å². The van der Waals surface area contributed by atoms with Gasteiger partial charge in [-0.25, -0.2) is 8.42 Å². The van der Waals surface area contributed by atoms with Gasteiger partial charge >= 0.3 is 0 Å². The smallest absolute Gasteiger partial charge is 0.243 e. The summed E-state index contributed by atoms with van der Waals surface area (Å²) in [6.07, 6.45) is 1.08. The first kappa shape index (κ1) is 15.4. The molecule has 110 valence electrons. The third-order valence-electron chi connectivity index (χ3n) is 3.61. The molecule has 1 saturated heterocycles. The lowest BCUT2D eigenvalue weighted by Crippen LogP contribution is -2.42. The highest BCUT2D eigenvalue weighted by atomic mass is 32.2. The highest BCUT2D eigenvalue weighted by molar-refractivity contribution is 7.89. The van der Waals surface area contributed by atoms with Gasteiger partial charge in [0.25, 0.3) is 0 Å². The van der Waals surface area contributed by atoms with Crippen molar-refractivity contribution in [1.82, 2.24) is 4.31 Å². The minimum atomic E-state index is -3.42. The van der Waals surface area contributed by atoms with Crippen molar-refractivity contribution in [3.8, 4) is 0 Å². The van der Waals surface area contributed by atoms with E-state index in [-0.39, 0.29) is 4.99 Å². The lowest BCUT2D eigenvalue weighted by molar-refractivity contribution is 0.222. The molecule has 0 amide bonds. The van der Waals surface area contributed by atoms with Crippen LogP contribution in [0.1, 0.15) is 25.8 Å². The molecule has 0 aromatic heterocycles. The first-order valence-corrected chi connectivity index (χ1v) is 8.55. The van der Waals surface area contributed by atoms with E-state index in [1.54, 1.807) is 28.6 Å². The minimum Gasteiger partial charge on any atom is -0.389 e. The number of piperidine rings is 1. The first-order valence-electron chi connectivity index (χ1n) is 6.70. The van der Waals surface area contributed by atoms with Gasteiger partial charge in [0.2, 0.25) is 10.0 Å². The van der Waals surface area contributed by atoms with Gasteiger partial charge in [-0.05, 0) is 30.4 Å². The summed E-state index contributed by atoms with van der Waals surface area (Å²) in [6.45, 7) is 5.36. The fourth-order valence-electron chi connectivity index (χ4n) is 2.74. The molecule has 1 aliphatic rings. The number of nitrogens with two attached hydrogens (primary N) is 1. The van der Waals surface area contributed by atoms with E-state index in [4.69, 9.17) is 18.0 Å². The Morgan fingerprint density at radius 3 is 2.15 bits per heavy atom. The Labute approximate surface area is 126 Å². The van der Waals surface area contributed by atoms with E-state index in [0.717, 1.165) is 6.42 Å². The summed E-state index contributed by atoms with van der Waals surface area (Å²) < 4.78 is 26.8. The highest BCUT2D eigenvalue weighted by Gasteiger charge is 2.31. The quantitative estimate of drug-likeness (QED) is 0.867. The molecule has 0 aliphatic carbocycles. The molecule has 6 heteroatoms. The van der Waals surface area contributed by atoms with Crippen LogP contribution in [0.4, 0.5) is 0 Å². The molecule has 2 rings (SSSR count). The van der Waals surface area contributed by atoms with Gasteiger partial charge in [-0.15, -0.1) is 0 Å². The molecule has 4 nitrogen and oxygen atoms in total. The van der Waals surface area contributed by atoms with E-state index in [9.17, 15) is 8.42 Å². The molecule has 1 fully saturated rings. The molecule has 2 unspecified atom stereocenters. The van der Waals surface area contributed by atoms with Gasteiger partial charge in [0.05, 0.1) is 4.90 Å². The van der Waals surface area contributed by atoms with Crippen LogP contribution in [0.5, 0.6) is 0 Å². The SMILES string of the molecule is CC1CC(C)CN(S(=O)(=O)c2ccc(C(N)=S)cc2)C1. The average Bonchev–Trinajstić information content (AvgIpc) is 2.37. The monoisotopic (exact) mass is 312 g/mol. The zero-order valence-electron chi connectivity index (χ0n) is 11.7. The molecule has 20 heavy (non-hydrogen) atoms. The predicted molar refractivity (Wildman–Crippen MR) is 84.0 cm³/mol. The number of sulfonamides is 1. The van der Waals surface area contributed by atoms with Crippen molar-refractivity contribution in [2.75, 3.05) is 13.1 Å². The number of rotatable bonds is 3. The summed E-state index contributed by atoms with van der Waals surface area (Å²) >= 11 is 4.87. The van der Waals surface area contributed by atoms with Gasteiger partial charge in [0.15, 0.2) is 0 Å². The number of thiocarbonyl (C=S) groups is 1. The summed E-state index contributed by atoms with van der Waals surface area (Å²) in [4.78, 5) is 0.577. The van der Waals surface area contributed by atoms with Crippen molar-refractivity contribution in [3.05, 3.63) is 29.8 Å². The minimum absolute atomic E-state index is 0.272. The third kappa shape index (κ3) is 3.19. The standard InChI is InChI=1S/C14H20N2O2S2/c1-10-7-11(2)9-16(8-10)20(17,18)13-5-3-12(4-6-13)14(15)19/h3-6,10-11H,7-9H2,1-2H3,(H2,15,19). The van der Waals surface area contributed by atoms with E-state index in [0.29, 0.717) is 35.4 Å². The molecule has 1 aromatic carbocycles. The molecule has 2 N–H and O–H groups in total. The maximum absolute atomic E-state index is 12.6. The molecule has 0 spiro atoms. The second-order valence-electron chi connectivity index (χ2n) is 5.66. The van der Waals surface area contributed by atoms with Gasteiger partial charge in [0.1, 0.15) is 4.99 Å². The molecule has 0 bridgehead atoms. The van der Waals surface area contributed by atoms with E-state index >= 15 is 0 Å². The molecule has 1 aliphatic heterocycles. The van der Waals surface area contributed by atoms with Gasteiger partial charge in [-0.3, -0.25) is 0 Å². The molecule has 1 aromatic rings. The fraction of sp³-hybridized carbons (Fsp3) is 0.500. The average molecular weight is 312 g/mol. The lowest BCUT2D eigenvalue weighted by Gasteiger charge is -2.34. The third-order valence-corrected chi connectivity index (χ3v) is 5.69.